The highest BCUT2D eigenvalue weighted by atomic mass is 35.5. The van der Waals surface area contributed by atoms with E-state index in [1.165, 1.54) is 11.8 Å². The summed E-state index contributed by atoms with van der Waals surface area (Å²) in [5.74, 6) is 0.533. The Morgan fingerprint density at radius 3 is 2.43 bits per heavy atom. The van der Waals surface area contributed by atoms with Gasteiger partial charge in [0.05, 0.1) is 0 Å². The first-order valence-electron chi connectivity index (χ1n) is 9.08. The van der Waals surface area contributed by atoms with Crippen molar-refractivity contribution >= 4 is 52.2 Å². The first-order chi connectivity index (χ1) is 14.4. The van der Waals surface area contributed by atoms with Gasteiger partial charge in [0, 0.05) is 27.5 Å². The van der Waals surface area contributed by atoms with Gasteiger partial charge >= 0.3 is 0 Å². The first-order valence-corrected chi connectivity index (χ1v) is 10.7. The number of benzene rings is 2. The highest BCUT2D eigenvalue weighted by molar-refractivity contribution is 8.00. The van der Waals surface area contributed by atoms with Crippen molar-refractivity contribution < 1.29 is 4.79 Å². The summed E-state index contributed by atoms with van der Waals surface area (Å²) in [7, 11) is 0. The zero-order chi connectivity index (χ0) is 21.3. The van der Waals surface area contributed by atoms with Crippen LogP contribution < -0.4 is 5.32 Å². The lowest BCUT2D eigenvalue weighted by Crippen LogP contribution is -2.19. The zero-order valence-electron chi connectivity index (χ0n) is 16.1. The van der Waals surface area contributed by atoms with Gasteiger partial charge in [-0.1, -0.05) is 65.3 Å². The minimum atomic E-state index is -0.572. The molecule has 0 aliphatic rings. The van der Waals surface area contributed by atoms with Crippen LogP contribution in [0.3, 0.4) is 0 Å². The van der Waals surface area contributed by atoms with Gasteiger partial charge in [0.25, 0.3) is 0 Å². The van der Waals surface area contributed by atoms with Crippen LogP contribution in [-0.4, -0.2) is 25.5 Å². The molecule has 2 heterocycles. The highest BCUT2D eigenvalue weighted by Crippen LogP contribution is 2.36. The number of anilines is 1. The number of fused-ring (bicyclic) bond motifs is 1. The summed E-state index contributed by atoms with van der Waals surface area (Å²) in [6.45, 7) is 3.80. The molecule has 1 unspecified atom stereocenters. The molecule has 0 radical (unpaired) electrons. The second-order valence-electron chi connectivity index (χ2n) is 6.68. The second-order valence-corrected chi connectivity index (χ2v) is 8.62. The minimum Gasteiger partial charge on any atom is -0.325 e. The lowest BCUT2D eigenvalue weighted by molar-refractivity contribution is -0.115. The zero-order valence-corrected chi connectivity index (χ0v) is 18.5. The molecule has 0 spiro atoms. The summed E-state index contributed by atoms with van der Waals surface area (Å²) in [4.78, 5) is 17.7. The molecular weight excluding hydrogens is 441 g/mol. The fourth-order valence-electron chi connectivity index (χ4n) is 3.12. The van der Waals surface area contributed by atoms with Crippen LogP contribution in [0.15, 0.2) is 59.8 Å². The second kappa shape index (κ2) is 8.63. The van der Waals surface area contributed by atoms with E-state index < -0.39 is 5.25 Å². The number of amides is 1. The van der Waals surface area contributed by atoms with E-state index in [1.54, 1.807) is 18.2 Å². The number of carbonyl (C=O) groups is 1. The van der Waals surface area contributed by atoms with Crippen LogP contribution in [0.4, 0.5) is 5.69 Å². The van der Waals surface area contributed by atoms with Crippen LogP contribution in [0.25, 0.3) is 5.65 Å². The van der Waals surface area contributed by atoms with Gasteiger partial charge in [0.2, 0.25) is 5.91 Å². The molecule has 0 saturated heterocycles. The van der Waals surface area contributed by atoms with Crippen LogP contribution in [0.5, 0.6) is 0 Å². The van der Waals surface area contributed by atoms with Crippen molar-refractivity contribution in [1.29, 1.82) is 0 Å². The minimum absolute atomic E-state index is 0.223. The van der Waals surface area contributed by atoms with Crippen LogP contribution in [-0.2, 0) is 4.79 Å². The van der Waals surface area contributed by atoms with Gasteiger partial charge in [-0.05, 0) is 37.6 Å². The Morgan fingerprint density at radius 2 is 1.73 bits per heavy atom. The highest BCUT2D eigenvalue weighted by Gasteiger charge is 2.25. The quantitative estimate of drug-likeness (QED) is 0.399. The smallest absolute Gasteiger partial charge is 0.242 e. The Kier molecular flexibility index (Phi) is 5.94. The van der Waals surface area contributed by atoms with Gasteiger partial charge in [0.1, 0.15) is 11.1 Å². The Hall–Kier alpha value is -2.61. The van der Waals surface area contributed by atoms with Crippen molar-refractivity contribution in [2.75, 3.05) is 5.32 Å². The summed E-state index contributed by atoms with van der Waals surface area (Å²) >= 11 is 13.4. The van der Waals surface area contributed by atoms with Crippen molar-refractivity contribution in [3.63, 3.8) is 0 Å². The average molecular weight is 458 g/mol. The number of nitrogens with zero attached hydrogens (tertiary/aromatic N) is 4. The topological polar surface area (TPSA) is 72.2 Å². The van der Waals surface area contributed by atoms with Crippen LogP contribution in [0.1, 0.15) is 22.3 Å². The first kappa shape index (κ1) is 20.7. The lowest BCUT2D eigenvalue weighted by Gasteiger charge is -2.17. The summed E-state index contributed by atoms with van der Waals surface area (Å²) in [5.41, 5.74) is 2.91. The third-order valence-electron chi connectivity index (χ3n) is 4.35. The molecule has 2 aromatic heterocycles. The molecule has 4 rings (SSSR count). The van der Waals surface area contributed by atoms with Gasteiger partial charge in [-0.2, -0.15) is 0 Å². The fraction of sp³-hybridized carbons (Fsp3) is 0.143. The number of aromatic nitrogens is 4. The molecule has 0 aliphatic heterocycles. The van der Waals surface area contributed by atoms with Crippen molar-refractivity contribution in [2.45, 2.75) is 24.3 Å². The van der Waals surface area contributed by atoms with E-state index in [-0.39, 0.29) is 5.91 Å². The van der Waals surface area contributed by atoms with E-state index in [0.717, 1.165) is 17.1 Å². The van der Waals surface area contributed by atoms with Gasteiger partial charge in [-0.3, -0.25) is 9.20 Å². The van der Waals surface area contributed by atoms with Gasteiger partial charge in [-0.15, -0.1) is 10.2 Å². The maximum absolute atomic E-state index is 13.2. The predicted molar refractivity (Wildman–Crippen MR) is 120 cm³/mol. The molecule has 152 valence electrons. The third-order valence-corrected chi connectivity index (χ3v) is 5.99. The molecule has 1 amide bonds. The number of hydrogen-bond donors (Lipinski definition) is 1. The summed E-state index contributed by atoms with van der Waals surface area (Å²) in [5, 5.41) is 12.3. The van der Waals surface area contributed by atoms with E-state index in [1.807, 2.05) is 54.6 Å². The molecule has 6 nitrogen and oxygen atoms in total. The Morgan fingerprint density at radius 1 is 1.03 bits per heavy atom. The lowest BCUT2D eigenvalue weighted by atomic mass is 10.1. The number of halogens is 2. The SMILES string of the molecule is Cc1cc2nnc(SC(C(=O)Nc3cc(Cl)cc(Cl)c3)c3ccccc3)n2c(C)n1. The number of thioether (sulfide) groups is 1. The fourth-order valence-corrected chi connectivity index (χ4v) is 4.73. The maximum atomic E-state index is 13.2. The van der Waals surface area contributed by atoms with Gasteiger partial charge in [0.15, 0.2) is 10.8 Å². The summed E-state index contributed by atoms with van der Waals surface area (Å²) in [6.07, 6.45) is 0. The van der Waals surface area contributed by atoms with E-state index in [4.69, 9.17) is 23.2 Å². The molecule has 30 heavy (non-hydrogen) atoms. The van der Waals surface area contributed by atoms with Crippen LogP contribution in [0, 0.1) is 13.8 Å². The van der Waals surface area contributed by atoms with Gasteiger partial charge in [-0.25, -0.2) is 4.98 Å². The third kappa shape index (κ3) is 4.43. The van der Waals surface area contributed by atoms with E-state index in [2.05, 4.69) is 20.5 Å². The monoisotopic (exact) mass is 457 g/mol. The molecule has 0 aliphatic carbocycles. The Bertz CT molecular complexity index is 1210. The average Bonchev–Trinajstić information content (AvgIpc) is 3.08. The number of carbonyl (C=O) groups excluding carboxylic acids is 1. The van der Waals surface area contributed by atoms with Crippen LogP contribution >= 0.6 is 35.0 Å². The Labute approximate surface area is 187 Å². The molecule has 0 fully saturated rings. The molecular formula is C21H17Cl2N5OS. The molecule has 9 heteroatoms. The molecule has 1 N–H and O–H groups in total. The number of nitrogens with one attached hydrogen (secondary N) is 1. The molecule has 1 atom stereocenters. The van der Waals surface area contributed by atoms with Crippen molar-refractivity contribution in [2.24, 2.45) is 0 Å². The Balaban J connectivity index is 1.70. The summed E-state index contributed by atoms with van der Waals surface area (Å²) in [6, 6.07) is 16.3. The van der Waals surface area contributed by atoms with Crippen molar-refractivity contribution in [1.82, 2.24) is 19.6 Å². The van der Waals surface area contributed by atoms with E-state index in [0.29, 0.717) is 26.5 Å². The molecule has 4 aromatic rings. The van der Waals surface area contributed by atoms with E-state index >= 15 is 0 Å². The van der Waals surface area contributed by atoms with Crippen molar-refractivity contribution in [3.05, 3.63) is 81.7 Å². The van der Waals surface area contributed by atoms with Crippen LogP contribution in [0.2, 0.25) is 10.0 Å². The standard InChI is InChI=1S/C21H17Cl2N5OS/c1-12-8-18-26-27-21(28(18)13(2)24-12)30-19(14-6-4-3-5-7-14)20(29)25-17-10-15(22)9-16(23)11-17/h3-11,19H,1-2H3,(H,25,29). The predicted octanol–water partition coefficient (Wildman–Crippen LogP) is 5.52. The maximum Gasteiger partial charge on any atom is 0.242 e. The molecule has 2 aromatic carbocycles. The number of aryl methyl sites for hydroxylation is 2. The largest absolute Gasteiger partial charge is 0.325 e. The normalized spacial score (nSPS) is 12.1. The van der Waals surface area contributed by atoms with Gasteiger partial charge < -0.3 is 5.32 Å². The molecule has 0 saturated carbocycles. The van der Waals surface area contributed by atoms with E-state index in [9.17, 15) is 4.79 Å². The number of rotatable bonds is 5. The van der Waals surface area contributed by atoms with Crippen molar-refractivity contribution in [3.8, 4) is 0 Å². The summed E-state index contributed by atoms with van der Waals surface area (Å²) < 4.78 is 1.84. The molecule has 0 bridgehead atoms. The number of hydrogen-bond acceptors (Lipinski definition) is 5.